The minimum atomic E-state index is -0.339. The molecule has 56 heavy (non-hydrogen) atoms. The van der Waals surface area contributed by atoms with E-state index in [1.807, 2.05) is 17.7 Å². The van der Waals surface area contributed by atoms with Gasteiger partial charge in [0.2, 0.25) is 0 Å². The van der Waals surface area contributed by atoms with Crippen molar-refractivity contribution >= 4 is 34.3 Å². The summed E-state index contributed by atoms with van der Waals surface area (Å²) in [5.74, 6) is 0.537. The summed E-state index contributed by atoms with van der Waals surface area (Å²) in [6.07, 6.45) is 5.45. The van der Waals surface area contributed by atoms with Crippen molar-refractivity contribution in [3.63, 3.8) is 0 Å². The molecule has 2 aromatic carbocycles. The van der Waals surface area contributed by atoms with Gasteiger partial charge in [-0.05, 0) is 80.6 Å². The van der Waals surface area contributed by atoms with E-state index in [2.05, 4.69) is 19.8 Å². The average Bonchev–Trinajstić information content (AvgIpc) is 3.84. The predicted molar refractivity (Wildman–Crippen MR) is 210 cm³/mol. The van der Waals surface area contributed by atoms with Gasteiger partial charge in [0.15, 0.2) is 5.69 Å². The van der Waals surface area contributed by atoms with E-state index in [0.717, 1.165) is 84.4 Å². The second kappa shape index (κ2) is 15.1. The van der Waals surface area contributed by atoms with E-state index in [0.29, 0.717) is 69.5 Å². The number of nitrogens with zero attached hydrogens (tertiary/aromatic N) is 9. The third-order valence-corrected chi connectivity index (χ3v) is 12.1. The molecule has 1 N–H and O–H groups in total. The summed E-state index contributed by atoms with van der Waals surface area (Å²) >= 11 is 0. The van der Waals surface area contributed by atoms with E-state index < -0.39 is 0 Å². The predicted octanol–water partition coefficient (Wildman–Crippen LogP) is 4.98. The zero-order valence-corrected chi connectivity index (χ0v) is 33.1. The summed E-state index contributed by atoms with van der Waals surface area (Å²) < 4.78 is 29.4. The zero-order chi connectivity index (χ0) is 39.3. The maximum atomic E-state index is 15.2. The molecule has 298 valence electrons. The van der Waals surface area contributed by atoms with Crippen LogP contribution >= 0.6 is 0 Å². The van der Waals surface area contributed by atoms with Crippen LogP contribution in [0.5, 0.6) is 11.8 Å². The van der Waals surface area contributed by atoms with Crippen molar-refractivity contribution in [1.29, 1.82) is 0 Å². The summed E-state index contributed by atoms with van der Waals surface area (Å²) in [5.41, 5.74) is 4.40. The monoisotopic (exact) mass is 769 g/mol. The molecule has 4 aliphatic rings. The van der Waals surface area contributed by atoms with Gasteiger partial charge in [-0.1, -0.05) is 13.0 Å². The molecule has 6 heterocycles. The first-order chi connectivity index (χ1) is 26.9. The van der Waals surface area contributed by atoms with Gasteiger partial charge in [0, 0.05) is 76.6 Å². The molecule has 0 aliphatic carbocycles. The summed E-state index contributed by atoms with van der Waals surface area (Å²) in [5, 5.41) is 17.1. The molecule has 2 atom stereocenters. The van der Waals surface area contributed by atoms with E-state index in [4.69, 9.17) is 19.4 Å². The van der Waals surface area contributed by atoms with Gasteiger partial charge in [-0.2, -0.15) is 15.1 Å². The number of fused-ring (bicyclic) bond motifs is 4. The van der Waals surface area contributed by atoms with Gasteiger partial charge >= 0.3 is 12.1 Å². The number of hydrogen-bond donors (Lipinski definition) is 1. The number of aryl methyl sites for hydroxylation is 2. The molecule has 4 aliphatic heterocycles. The van der Waals surface area contributed by atoms with Crippen LogP contribution in [0.4, 0.5) is 20.7 Å². The minimum absolute atomic E-state index is 0.124. The van der Waals surface area contributed by atoms with Gasteiger partial charge in [-0.3, -0.25) is 14.4 Å². The molecule has 0 spiro atoms. The molecule has 2 aromatic heterocycles. The Labute approximate surface area is 326 Å². The fourth-order valence-corrected chi connectivity index (χ4v) is 9.25. The summed E-state index contributed by atoms with van der Waals surface area (Å²) in [6, 6.07) is 8.92. The lowest BCUT2D eigenvalue weighted by Gasteiger charge is -2.36. The molecule has 2 saturated heterocycles. The van der Waals surface area contributed by atoms with Gasteiger partial charge in [-0.25, -0.2) is 9.18 Å². The first kappa shape index (κ1) is 37.7. The lowest BCUT2D eigenvalue weighted by molar-refractivity contribution is 0.0483. The largest absolute Gasteiger partial charge is 0.508 e. The van der Waals surface area contributed by atoms with E-state index in [1.165, 1.54) is 15.9 Å². The van der Waals surface area contributed by atoms with E-state index >= 15 is 4.39 Å². The van der Waals surface area contributed by atoms with Gasteiger partial charge in [0.05, 0.1) is 30.0 Å². The molecular formula is C41H52FN9O5. The maximum absolute atomic E-state index is 15.2. The van der Waals surface area contributed by atoms with Gasteiger partial charge in [-0.15, -0.1) is 0 Å². The standard InChI is InChI=1S/C41H52FN9O5/c1-6-30-32(42)10-9-26-19-29(52)21-35(36(26)30)48-18-12-31-34(23-48)43-39(56-25-41-13-7-16-50(41)27(11-14-41)24-55-40(54)47(4)5)44-37(31)49-15-8-17-51-28(22-49)20-33(45-51)38(53)46(2)3/h9-10,19-21,27,52H,6-8,11-18,22-25H2,1-5H3/t27-,41+/m0/s1. The molecule has 0 radical (unpaired) electrons. The Balaban J connectivity index is 1.13. The zero-order valence-electron chi connectivity index (χ0n) is 33.1. The Kier molecular flexibility index (Phi) is 10.1. The molecule has 14 nitrogen and oxygen atoms in total. The van der Waals surface area contributed by atoms with Crippen molar-refractivity contribution in [1.82, 2.24) is 34.4 Å². The number of ether oxygens (including phenoxy) is 2. The van der Waals surface area contributed by atoms with Crippen LogP contribution in [0.25, 0.3) is 10.8 Å². The highest BCUT2D eigenvalue weighted by atomic mass is 19.1. The van der Waals surface area contributed by atoms with Crippen molar-refractivity contribution in [3.8, 4) is 11.8 Å². The van der Waals surface area contributed by atoms with Crippen LogP contribution in [0.3, 0.4) is 0 Å². The van der Waals surface area contributed by atoms with Crippen molar-refractivity contribution in [2.45, 2.75) is 83.1 Å². The van der Waals surface area contributed by atoms with Gasteiger partial charge in [0.25, 0.3) is 5.91 Å². The highest BCUT2D eigenvalue weighted by molar-refractivity contribution is 5.98. The van der Waals surface area contributed by atoms with Crippen molar-refractivity contribution in [2.75, 3.05) is 70.8 Å². The molecule has 4 aromatic rings. The van der Waals surface area contributed by atoms with Gasteiger partial charge in [0.1, 0.15) is 30.6 Å². The number of aromatic nitrogens is 4. The Morgan fingerprint density at radius 2 is 1.82 bits per heavy atom. The number of carbonyl (C=O) groups excluding carboxylic acids is 2. The van der Waals surface area contributed by atoms with Crippen LogP contribution in [0.15, 0.2) is 30.3 Å². The van der Waals surface area contributed by atoms with Gasteiger partial charge < -0.3 is 34.2 Å². The Hall–Kier alpha value is -5.18. The Bertz CT molecular complexity index is 2160. The highest BCUT2D eigenvalue weighted by Crippen LogP contribution is 2.44. The van der Waals surface area contributed by atoms with Crippen molar-refractivity contribution in [3.05, 3.63) is 64.4 Å². The average molecular weight is 770 g/mol. The summed E-state index contributed by atoms with van der Waals surface area (Å²) in [6.45, 7) is 6.58. The van der Waals surface area contributed by atoms with Crippen LogP contribution in [0.2, 0.25) is 0 Å². The number of rotatable bonds is 9. The van der Waals surface area contributed by atoms with Crippen molar-refractivity contribution < 1.29 is 28.6 Å². The number of hydrogen-bond acceptors (Lipinski definition) is 11. The molecular weight excluding hydrogens is 718 g/mol. The first-order valence-electron chi connectivity index (χ1n) is 19.8. The number of carbonyl (C=O) groups is 2. The highest BCUT2D eigenvalue weighted by Gasteiger charge is 2.50. The topological polar surface area (TPSA) is 133 Å². The normalized spacial score (nSPS) is 20.7. The van der Waals surface area contributed by atoms with Crippen LogP contribution in [-0.4, -0.2) is 124 Å². The molecule has 15 heteroatoms. The Morgan fingerprint density at radius 3 is 2.61 bits per heavy atom. The second-order valence-corrected chi connectivity index (χ2v) is 16.1. The number of benzene rings is 2. The van der Waals surface area contributed by atoms with Crippen LogP contribution in [0, 0.1) is 5.82 Å². The van der Waals surface area contributed by atoms with Crippen molar-refractivity contribution in [2.24, 2.45) is 0 Å². The molecule has 8 rings (SSSR count). The molecule has 2 fully saturated rings. The summed E-state index contributed by atoms with van der Waals surface area (Å²) in [7, 11) is 6.84. The van der Waals surface area contributed by atoms with E-state index in [-0.39, 0.29) is 35.1 Å². The molecule has 2 amide bonds. The second-order valence-electron chi connectivity index (χ2n) is 16.1. The maximum Gasteiger partial charge on any atom is 0.409 e. The first-order valence-corrected chi connectivity index (χ1v) is 19.8. The van der Waals surface area contributed by atoms with E-state index in [9.17, 15) is 14.7 Å². The SMILES string of the molecule is CCc1c(F)ccc2cc(O)cc(N3CCc4c(nc(OC[C@]56CCCN5[C@H](COC(=O)N(C)C)CC6)nc4N4CCCn5nc(C(=O)N(C)C)cc5C4)C3)c12. The fraction of sp³-hybridized carbons (Fsp3) is 0.537. The fourth-order valence-electron chi connectivity index (χ4n) is 9.25. The number of anilines is 2. The van der Waals surface area contributed by atoms with Crippen LogP contribution < -0.4 is 14.5 Å². The van der Waals surface area contributed by atoms with E-state index in [1.54, 1.807) is 46.4 Å². The molecule has 0 unspecified atom stereocenters. The number of halogens is 1. The Morgan fingerprint density at radius 1 is 0.982 bits per heavy atom. The molecule has 0 saturated carbocycles. The van der Waals surface area contributed by atoms with Crippen LogP contribution in [0.1, 0.15) is 72.0 Å². The minimum Gasteiger partial charge on any atom is -0.508 e. The number of aromatic hydroxyl groups is 1. The summed E-state index contributed by atoms with van der Waals surface area (Å²) in [4.78, 5) is 45.2. The lowest BCUT2D eigenvalue weighted by atomic mass is 9.95. The number of amides is 2. The third kappa shape index (κ3) is 6.94. The molecule has 0 bridgehead atoms. The quantitative estimate of drug-likeness (QED) is 0.247. The number of phenols is 1. The third-order valence-electron chi connectivity index (χ3n) is 12.1. The van der Waals surface area contributed by atoms with Crippen LogP contribution in [-0.2, 0) is 37.2 Å². The lowest BCUT2D eigenvalue weighted by Crippen LogP contribution is -2.48. The smallest absolute Gasteiger partial charge is 0.409 e. The number of phenolic OH excluding ortho intramolecular Hbond substituents is 1.